The van der Waals surface area contributed by atoms with Gasteiger partial charge in [0, 0.05) is 25.9 Å². The fourth-order valence-electron chi connectivity index (χ4n) is 1.57. The molecule has 0 aliphatic rings. The molecule has 1 amide bonds. The van der Waals surface area contributed by atoms with Gasteiger partial charge in [0.2, 0.25) is 0 Å². The lowest BCUT2D eigenvalue weighted by Gasteiger charge is -2.12. The number of nitrogens with zero attached hydrogens (tertiary/aromatic N) is 2. The van der Waals surface area contributed by atoms with Gasteiger partial charge < -0.3 is 15.4 Å². The molecule has 1 aromatic heterocycles. The van der Waals surface area contributed by atoms with E-state index in [2.05, 4.69) is 4.98 Å². The predicted octanol–water partition coefficient (Wildman–Crippen LogP) is 2.16. The van der Waals surface area contributed by atoms with E-state index >= 15 is 0 Å². The second-order valence-corrected chi connectivity index (χ2v) is 4.24. The maximum atomic E-state index is 11.8. The number of anilines is 1. The van der Waals surface area contributed by atoms with Crippen LogP contribution in [-0.2, 0) is 0 Å². The van der Waals surface area contributed by atoms with Crippen molar-refractivity contribution in [3.8, 4) is 11.5 Å². The van der Waals surface area contributed by atoms with Gasteiger partial charge in [-0.3, -0.25) is 9.78 Å². The summed E-state index contributed by atoms with van der Waals surface area (Å²) in [5, 5.41) is 0. The van der Waals surface area contributed by atoms with Crippen LogP contribution in [0.2, 0.25) is 0 Å². The molecule has 2 rings (SSSR count). The molecule has 1 heterocycles. The van der Waals surface area contributed by atoms with E-state index in [1.807, 2.05) is 0 Å². The number of carbonyl (C=O) groups excluding carboxylic acids is 1. The van der Waals surface area contributed by atoms with Crippen molar-refractivity contribution in [3.63, 3.8) is 0 Å². The van der Waals surface area contributed by atoms with Crippen LogP contribution in [0.4, 0.5) is 5.69 Å². The summed E-state index contributed by atoms with van der Waals surface area (Å²) < 4.78 is 5.59. The van der Waals surface area contributed by atoms with Crippen molar-refractivity contribution >= 4 is 11.6 Å². The molecule has 0 atom stereocenters. The van der Waals surface area contributed by atoms with Gasteiger partial charge in [0.1, 0.15) is 11.5 Å². The number of pyridine rings is 1. The average molecular weight is 257 g/mol. The van der Waals surface area contributed by atoms with E-state index in [4.69, 9.17) is 10.5 Å². The summed E-state index contributed by atoms with van der Waals surface area (Å²) in [7, 11) is 3.39. The zero-order valence-electron chi connectivity index (χ0n) is 10.8. The van der Waals surface area contributed by atoms with Crippen LogP contribution in [0.1, 0.15) is 10.4 Å². The molecule has 19 heavy (non-hydrogen) atoms. The van der Waals surface area contributed by atoms with Gasteiger partial charge in [-0.1, -0.05) is 0 Å². The number of amides is 1. The number of aromatic nitrogens is 1. The minimum absolute atomic E-state index is 0.0976. The number of nitrogen functional groups attached to an aromatic ring is 1. The fraction of sp³-hybridized carbons (Fsp3) is 0.143. The SMILES string of the molecule is CN(C)C(=O)c1ccc(Oc2cccnc2)c(N)c1. The van der Waals surface area contributed by atoms with Crippen molar-refractivity contribution < 1.29 is 9.53 Å². The van der Waals surface area contributed by atoms with Crippen molar-refractivity contribution in [2.45, 2.75) is 0 Å². The number of ether oxygens (including phenoxy) is 1. The maximum absolute atomic E-state index is 11.8. The third-order valence-electron chi connectivity index (χ3n) is 2.53. The number of nitrogens with two attached hydrogens (primary N) is 1. The van der Waals surface area contributed by atoms with Crippen LogP contribution in [0.15, 0.2) is 42.7 Å². The largest absolute Gasteiger partial charge is 0.454 e. The molecule has 2 aromatic rings. The second-order valence-electron chi connectivity index (χ2n) is 4.24. The molecule has 0 fully saturated rings. The Kier molecular flexibility index (Phi) is 3.66. The third kappa shape index (κ3) is 3.01. The van der Waals surface area contributed by atoms with Crippen molar-refractivity contribution in [1.82, 2.24) is 9.88 Å². The van der Waals surface area contributed by atoms with Gasteiger partial charge in [0.05, 0.1) is 11.9 Å². The molecular formula is C14H15N3O2. The number of rotatable bonds is 3. The van der Waals surface area contributed by atoms with Crippen molar-refractivity contribution in [2.75, 3.05) is 19.8 Å². The predicted molar refractivity (Wildman–Crippen MR) is 73.2 cm³/mol. The van der Waals surface area contributed by atoms with Gasteiger partial charge in [0.15, 0.2) is 0 Å². The summed E-state index contributed by atoms with van der Waals surface area (Å²) in [6.45, 7) is 0. The van der Waals surface area contributed by atoms with E-state index in [0.29, 0.717) is 22.7 Å². The van der Waals surface area contributed by atoms with Gasteiger partial charge in [-0.05, 0) is 30.3 Å². The monoisotopic (exact) mass is 257 g/mol. The summed E-state index contributed by atoms with van der Waals surface area (Å²) in [6.07, 6.45) is 3.26. The molecule has 0 saturated heterocycles. The molecule has 5 heteroatoms. The van der Waals surface area contributed by atoms with Crippen LogP contribution >= 0.6 is 0 Å². The highest BCUT2D eigenvalue weighted by Gasteiger charge is 2.10. The van der Waals surface area contributed by atoms with Crippen LogP contribution in [0.25, 0.3) is 0 Å². The summed E-state index contributed by atoms with van der Waals surface area (Å²) in [6, 6.07) is 8.53. The Morgan fingerprint density at radius 3 is 2.68 bits per heavy atom. The van der Waals surface area contributed by atoms with Gasteiger partial charge in [0.25, 0.3) is 5.91 Å². The third-order valence-corrected chi connectivity index (χ3v) is 2.53. The summed E-state index contributed by atoms with van der Waals surface area (Å²) >= 11 is 0. The zero-order chi connectivity index (χ0) is 13.8. The normalized spacial score (nSPS) is 10.0. The summed E-state index contributed by atoms with van der Waals surface area (Å²) in [5.41, 5.74) is 6.83. The number of hydrogen-bond donors (Lipinski definition) is 1. The Morgan fingerprint density at radius 1 is 1.32 bits per heavy atom. The van der Waals surface area contributed by atoms with Crippen molar-refractivity contribution in [1.29, 1.82) is 0 Å². The van der Waals surface area contributed by atoms with Gasteiger partial charge in [-0.15, -0.1) is 0 Å². The molecule has 1 aromatic carbocycles. The Hall–Kier alpha value is -2.56. The molecule has 0 bridgehead atoms. The molecule has 5 nitrogen and oxygen atoms in total. The van der Waals surface area contributed by atoms with Crippen LogP contribution in [0, 0.1) is 0 Å². The highest BCUT2D eigenvalue weighted by atomic mass is 16.5. The van der Waals surface area contributed by atoms with Gasteiger partial charge in [-0.25, -0.2) is 0 Å². The van der Waals surface area contributed by atoms with Crippen molar-refractivity contribution in [3.05, 3.63) is 48.3 Å². The lowest BCUT2D eigenvalue weighted by molar-refractivity contribution is 0.0827. The minimum Gasteiger partial charge on any atom is -0.454 e. The van der Waals surface area contributed by atoms with E-state index in [9.17, 15) is 4.79 Å². The van der Waals surface area contributed by atoms with E-state index in [-0.39, 0.29) is 5.91 Å². The van der Waals surface area contributed by atoms with E-state index in [1.54, 1.807) is 56.8 Å². The van der Waals surface area contributed by atoms with Crippen molar-refractivity contribution in [2.24, 2.45) is 0 Å². The molecule has 0 aliphatic heterocycles. The lowest BCUT2D eigenvalue weighted by Crippen LogP contribution is -2.21. The highest BCUT2D eigenvalue weighted by molar-refractivity contribution is 5.95. The first-order valence-corrected chi connectivity index (χ1v) is 5.77. The number of hydrogen-bond acceptors (Lipinski definition) is 4. The van der Waals surface area contributed by atoms with E-state index in [0.717, 1.165) is 0 Å². The molecule has 0 spiro atoms. The average Bonchev–Trinajstić information content (AvgIpc) is 2.41. The molecular weight excluding hydrogens is 242 g/mol. The fourth-order valence-corrected chi connectivity index (χ4v) is 1.57. The Bertz CT molecular complexity index is 582. The molecule has 0 saturated carbocycles. The molecule has 0 radical (unpaired) electrons. The Balaban J connectivity index is 2.23. The summed E-state index contributed by atoms with van der Waals surface area (Å²) in [5.74, 6) is 1.00. The lowest BCUT2D eigenvalue weighted by atomic mass is 10.1. The highest BCUT2D eigenvalue weighted by Crippen LogP contribution is 2.27. The summed E-state index contributed by atoms with van der Waals surface area (Å²) in [4.78, 5) is 17.2. The van der Waals surface area contributed by atoms with Crippen LogP contribution in [0.5, 0.6) is 11.5 Å². The smallest absolute Gasteiger partial charge is 0.253 e. The minimum atomic E-state index is -0.0976. The second kappa shape index (κ2) is 5.39. The maximum Gasteiger partial charge on any atom is 0.253 e. The van der Waals surface area contributed by atoms with Crippen LogP contribution < -0.4 is 10.5 Å². The first-order chi connectivity index (χ1) is 9.08. The van der Waals surface area contributed by atoms with Crippen LogP contribution in [-0.4, -0.2) is 29.9 Å². The molecule has 98 valence electrons. The van der Waals surface area contributed by atoms with E-state index < -0.39 is 0 Å². The zero-order valence-corrected chi connectivity index (χ0v) is 10.8. The molecule has 0 aliphatic carbocycles. The van der Waals surface area contributed by atoms with E-state index in [1.165, 1.54) is 4.90 Å². The first-order valence-electron chi connectivity index (χ1n) is 5.77. The Morgan fingerprint density at radius 2 is 2.11 bits per heavy atom. The Labute approximate surface area is 111 Å². The van der Waals surface area contributed by atoms with Gasteiger partial charge >= 0.3 is 0 Å². The molecule has 2 N–H and O–H groups in total. The number of benzene rings is 1. The standard InChI is InChI=1S/C14H15N3O2/c1-17(2)14(18)10-5-6-13(12(15)8-10)19-11-4-3-7-16-9-11/h3-9H,15H2,1-2H3. The number of carbonyl (C=O) groups is 1. The topological polar surface area (TPSA) is 68.5 Å². The van der Waals surface area contributed by atoms with Crippen LogP contribution in [0.3, 0.4) is 0 Å². The quantitative estimate of drug-likeness (QED) is 0.855. The molecule has 0 unspecified atom stereocenters. The van der Waals surface area contributed by atoms with Gasteiger partial charge in [-0.2, -0.15) is 0 Å². The first kappa shape index (κ1) is 12.9.